The molecular weight excluding hydrogens is 408 g/mol. The summed E-state index contributed by atoms with van der Waals surface area (Å²) in [4.78, 5) is 21.3. The lowest BCUT2D eigenvalue weighted by atomic mass is 10.2. The minimum Gasteiger partial charge on any atom is -0.497 e. The van der Waals surface area contributed by atoms with Crippen LogP contribution in [-0.4, -0.2) is 35.5 Å². The van der Waals surface area contributed by atoms with Crippen LogP contribution in [0.2, 0.25) is 0 Å². The zero-order chi connectivity index (χ0) is 22.0. The van der Waals surface area contributed by atoms with E-state index in [1.807, 2.05) is 66.1 Å². The monoisotopic (exact) mass is 434 g/mol. The molecule has 0 saturated heterocycles. The molecule has 31 heavy (non-hydrogen) atoms. The second kappa shape index (κ2) is 8.81. The van der Waals surface area contributed by atoms with Crippen LogP contribution < -0.4 is 15.0 Å². The first-order chi connectivity index (χ1) is 15.0. The molecule has 0 bridgehead atoms. The van der Waals surface area contributed by atoms with E-state index in [0.717, 1.165) is 52.1 Å². The molecule has 2 aromatic carbocycles. The molecule has 4 rings (SSSR count). The van der Waals surface area contributed by atoms with E-state index in [1.54, 1.807) is 7.11 Å². The highest BCUT2D eigenvalue weighted by Crippen LogP contribution is 2.29. The molecule has 0 spiro atoms. The summed E-state index contributed by atoms with van der Waals surface area (Å²) in [6, 6.07) is 15.8. The number of ether oxygens (including phenoxy) is 1. The third-order valence-electron chi connectivity index (χ3n) is 5.40. The molecule has 1 amide bonds. The van der Waals surface area contributed by atoms with Crippen molar-refractivity contribution in [3.8, 4) is 17.0 Å². The van der Waals surface area contributed by atoms with Crippen molar-refractivity contribution in [2.75, 3.05) is 30.4 Å². The number of fused-ring (bicyclic) bond motifs is 1. The lowest BCUT2D eigenvalue weighted by Crippen LogP contribution is -2.21. The van der Waals surface area contributed by atoms with E-state index in [0.29, 0.717) is 4.88 Å². The molecule has 160 valence electrons. The predicted molar refractivity (Wildman–Crippen MR) is 128 cm³/mol. The van der Waals surface area contributed by atoms with Crippen molar-refractivity contribution < 1.29 is 9.53 Å². The van der Waals surface area contributed by atoms with Gasteiger partial charge < -0.3 is 15.0 Å². The lowest BCUT2D eigenvalue weighted by Gasteiger charge is -2.21. The van der Waals surface area contributed by atoms with Crippen LogP contribution in [0.15, 0.2) is 54.7 Å². The fourth-order valence-corrected chi connectivity index (χ4v) is 4.60. The summed E-state index contributed by atoms with van der Waals surface area (Å²) in [7, 11) is 1.65. The van der Waals surface area contributed by atoms with E-state index in [4.69, 9.17) is 9.72 Å². The SMILES string of the molecule is CCN(CC)c1ccc(NC(=O)c2sc3nc(-c4ccc(OC)cc4)cn3c2C)cc1. The summed E-state index contributed by atoms with van der Waals surface area (Å²) >= 11 is 1.40. The summed E-state index contributed by atoms with van der Waals surface area (Å²) < 4.78 is 7.19. The number of amides is 1. The largest absolute Gasteiger partial charge is 0.497 e. The zero-order valence-electron chi connectivity index (χ0n) is 18.2. The van der Waals surface area contributed by atoms with E-state index in [9.17, 15) is 4.79 Å². The normalized spacial score (nSPS) is 11.0. The molecule has 0 radical (unpaired) electrons. The topological polar surface area (TPSA) is 58.9 Å². The third-order valence-corrected chi connectivity index (χ3v) is 6.56. The van der Waals surface area contributed by atoms with Crippen LogP contribution in [0, 0.1) is 6.92 Å². The fourth-order valence-electron chi connectivity index (χ4n) is 3.59. The first kappa shape index (κ1) is 20.9. The lowest BCUT2D eigenvalue weighted by molar-refractivity contribution is 0.102. The number of aromatic nitrogens is 2. The van der Waals surface area contributed by atoms with E-state index < -0.39 is 0 Å². The zero-order valence-corrected chi connectivity index (χ0v) is 19.0. The average Bonchev–Trinajstić information content (AvgIpc) is 3.35. The van der Waals surface area contributed by atoms with Crippen molar-refractivity contribution in [1.82, 2.24) is 9.38 Å². The van der Waals surface area contributed by atoms with Gasteiger partial charge in [0.25, 0.3) is 5.91 Å². The number of carbonyl (C=O) groups excluding carboxylic acids is 1. The number of methoxy groups -OCH3 is 1. The third kappa shape index (κ3) is 4.14. The Bertz CT molecular complexity index is 1190. The predicted octanol–water partition coefficient (Wildman–Crippen LogP) is 5.48. The average molecular weight is 435 g/mol. The summed E-state index contributed by atoms with van der Waals surface area (Å²) in [5.41, 5.74) is 4.70. The van der Waals surface area contributed by atoms with Crippen molar-refractivity contribution in [3.63, 3.8) is 0 Å². The van der Waals surface area contributed by atoms with Gasteiger partial charge in [0, 0.05) is 41.9 Å². The Balaban J connectivity index is 1.53. The minimum absolute atomic E-state index is 0.116. The van der Waals surface area contributed by atoms with Crippen molar-refractivity contribution in [2.24, 2.45) is 0 Å². The van der Waals surface area contributed by atoms with Crippen LogP contribution in [0.1, 0.15) is 29.2 Å². The van der Waals surface area contributed by atoms with Gasteiger partial charge in [0.1, 0.15) is 10.6 Å². The van der Waals surface area contributed by atoms with E-state index in [2.05, 4.69) is 24.1 Å². The van der Waals surface area contributed by atoms with Crippen molar-refractivity contribution >= 4 is 33.6 Å². The highest BCUT2D eigenvalue weighted by atomic mass is 32.1. The van der Waals surface area contributed by atoms with Crippen LogP contribution in [-0.2, 0) is 0 Å². The first-order valence-corrected chi connectivity index (χ1v) is 11.1. The van der Waals surface area contributed by atoms with Gasteiger partial charge in [-0.2, -0.15) is 0 Å². The molecule has 0 unspecified atom stereocenters. The van der Waals surface area contributed by atoms with Crippen LogP contribution in [0.4, 0.5) is 11.4 Å². The molecule has 0 aliphatic carbocycles. The van der Waals surface area contributed by atoms with Crippen molar-refractivity contribution in [3.05, 3.63) is 65.3 Å². The maximum absolute atomic E-state index is 12.9. The quantitative estimate of drug-likeness (QED) is 0.419. The van der Waals surface area contributed by atoms with Gasteiger partial charge >= 0.3 is 0 Å². The molecular formula is C24H26N4O2S. The van der Waals surface area contributed by atoms with Gasteiger partial charge in [-0.1, -0.05) is 11.3 Å². The van der Waals surface area contributed by atoms with Crippen LogP contribution in [0.25, 0.3) is 16.2 Å². The van der Waals surface area contributed by atoms with Crippen LogP contribution in [0.5, 0.6) is 5.75 Å². The number of rotatable bonds is 7. The van der Waals surface area contributed by atoms with E-state index in [1.165, 1.54) is 11.3 Å². The molecule has 0 aliphatic rings. The number of hydrogen-bond acceptors (Lipinski definition) is 5. The molecule has 2 heterocycles. The number of aryl methyl sites for hydroxylation is 1. The van der Waals surface area contributed by atoms with Crippen LogP contribution >= 0.6 is 11.3 Å². The number of nitrogens with one attached hydrogen (secondary N) is 1. The molecule has 0 saturated carbocycles. The van der Waals surface area contributed by atoms with Crippen molar-refractivity contribution in [1.29, 1.82) is 0 Å². The standard InChI is InChI=1S/C24H26N4O2S/c1-5-27(6-2)19-11-9-18(10-12-19)25-23(29)22-16(3)28-15-21(26-24(28)31-22)17-7-13-20(30-4)14-8-17/h7-15H,5-6H2,1-4H3,(H,25,29). The summed E-state index contributed by atoms with van der Waals surface area (Å²) in [5.74, 6) is 0.694. The molecule has 2 aromatic heterocycles. The van der Waals surface area contributed by atoms with Gasteiger partial charge in [0.05, 0.1) is 12.8 Å². The van der Waals surface area contributed by atoms with Gasteiger partial charge in [0.2, 0.25) is 0 Å². The summed E-state index contributed by atoms with van der Waals surface area (Å²) in [6.45, 7) is 8.12. The molecule has 1 N–H and O–H groups in total. The van der Waals surface area contributed by atoms with Gasteiger partial charge in [-0.3, -0.25) is 9.20 Å². The Morgan fingerprint density at radius 2 is 1.77 bits per heavy atom. The molecule has 4 aromatic rings. The Labute approximate surface area is 186 Å². The number of carbonyl (C=O) groups is 1. The first-order valence-electron chi connectivity index (χ1n) is 10.3. The second-order valence-electron chi connectivity index (χ2n) is 7.20. The molecule has 0 atom stereocenters. The van der Waals surface area contributed by atoms with Gasteiger partial charge in [-0.25, -0.2) is 4.98 Å². The number of benzene rings is 2. The Morgan fingerprint density at radius 3 is 2.35 bits per heavy atom. The Morgan fingerprint density at radius 1 is 1.10 bits per heavy atom. The summed E-state index contributed by atoms with van der Waals surface area (Å²) in [5, 5.41) is 3.01. The highest BCUT2D eigenvalue weighted by molar-refractivity contribution is 7.19. The maximum Gasteiger partial charge on any atom is 0.267 e. The Kier molecular flexibility index (Phi) is 5.95. The Hall–Kier alpha value is -3.32. The number of nitrogens with zero attached hydrogens (tertiary/aromatic N) is 3. The molecule has 6 nitrogen and oxygen atoms in total. The van der Waals surface area contributed by atoms with Crippen LogP contribution in [0.3, 0.4) is 0 Å². The second-order valence-corrected chi connectivity index (χ2v) is 8.17. The number of anilines is 2. The van der Waals surface area contributed by atoms with E-state index in [-0.39, 0.29) is 5.91 Å². The van der Waals surface area contributed by atoms with Gasteiger partial charge in [-0.05, 0) is 69.3 Å². The van der Waals surface area contributed by atoms with Gasteiger partial charge in [0.15, 0.2) is 4.96 Å². The van der Waals surface area contributed by atoms with E-state index >= 15 is 0 Å². The highest BCUT2D eigenvalue weighted by Gasteiger charge is 2.18. The van der Waals surface area contributed by atoms with Crippen molar-refractivity contribution in [2.45, 2.75) is 20.8 Å². The molecule has 7 heteroatoms. The minimum atomic E-state index is -0.116. The fraction of sp³-hybridized carbons (Fsp3) is 0.250. The molecule has 0 aliphatic heterocycles. The number of imidazole rings is 1. The summed E-state index contributed by atoms with van der Waals surface area (Å²) in [6.07, 6.45) is 1.97. The maximum atomic E-state index is 12.9. The number of hydrogen-bond donors (Lipinski definition) is 1. The molecule has 0 fully saturated rings. The number of thiazole rings is 1. The van der Waals surface area contributed by atoms with Gasteiger partial charge in [-0.15, -0.1) is 0 Å². The smallest absolute Gasteiger partial charge is 0.267 e.